The minimum atomic E-state index is 0.457. The van der Waals surface area contributed by atoms with Crippen LogP contribution in [0.25, 0.3) is 0 Å². The normalized spacial score (nSPS) is 20.9. The summed E-state index contributed by atoms with van der Waals surface area (Å²) in [5.74, 6) is 0.857. The lowest BCUT2D eigenvalue weighted by atomic mass is 10.2. The largest absolute Gasteiger partial charge is 0.379 e. The van der Waals surface area contributed by atoms with Crippen LogP contribution in [0.3, 0.4) is 0 Å². The number of hydrogen-bond donors (Lipinski definition) is 1. The fourth-order valence-corrected chi connectivity index (χ4v) is 1.99. The molecule has 1 N–H and O–H groups in total. The van der Waals surface area contributed by atoms with Gasteiger partial charge in [-0.05, 0) is 13.3 Å². The Morgan fingerprint density at radius 3 is 3.00 bits per heavy atom. The third-order valence-electron chi connectivity index (χ3n) is 3.13. The Kier molecular flexibility index (Phi) is 4.90. The summed E-state index contributed by atoms with van der Waals surface area (Å²) in [5.41, 5.74) is 1.02. The number of rotatable bonds is 5. The lowest BCUT2D eigenvalue weighted by Gasteiger charge is -2.32. The molecule has 1 aromatic rings. The average molecular weight is 250 g/mol. The first-order valence-electron chi connectivity index (χ1n) is 6.66. The molecule has 0 radical (unpaired) electrons. The van der Waals surface area contributed by atoms with Crippen molar-refractivity contribution in [1.29, 1.82) is 0 Å². The van der Waals surface area contributed by atoms with Crippen molar-refractivity contribution >= 4 is 5.82 Å². The van der Waals surface area contributed by atoms with Gasteiger partial charge in [-0.15, -0.1) is 0 Å². The number of hydrogen-bond acceptors (Lipinski definition) is 5. The molecule has 1 fully saturated rings. The van der Waals surface area contributed by atoms with Gasteiger partial charge in [-0.25, -0.2) is 4.98 Å². The van der Waals surface area contributed by atoms with Crippen LogP contribution in [-0.2, 0) is 11.3 Å². The van der Waals surface area contributed by atoms with Crippen LogP contribution in [0.5, 0.6) is 0 Å². The van der Waals surface area contributed by atoms with E-state index in [2.05, 4.69) is 34.0 Å². The zero-order valence-corrected chi connectivity index (χ0v) is 11.2. The van der Waals surface area contributed by atoms with E-state index in [9.17, 15) is 0 Å². The van der Waals surface area contributed by atoms with Crippen molar-refractivity contribution in [2.24, 2.45) is 0 Å². The Balaban J connectivity index is 1.89. The van der Waals surface area contributed by atoms with E-state index in [4.69, 9.17) is 4.74 Å². The molecule has 5 nitrogen and oxygen atoms in total. The van der Waals surface area contributed by atoms with Crippen LogP contribution in [-0.4, -0.2) is 47.2 Å². The Morgan fingerprint density at radius 1 is 1.44 bits per heavy atom. The standard InChI is InChI=1S/C13H22N4O/c1-3-4-14-13-8-15-12(7-16-13)9-17-5-6-18-10-11(17)2/h7-8,11H,3-6,9-10H2,1-2H3,(H,14,16). The summed E-state index contributed by atoms with van der Waals surface area (Å²) >= 11 is 0. The molecule has 0 aromatic carbocycles. The van der Waals surface area contributed by atoms with Crippen molar-refractivity contribution in [3.63, 3.8) is 0 Å². The van der Waals surface area contributed by atoms with E-state index < -0.39 is 0 Å². The Bertz CT molecular complexity index is 355. The second-order valence-corrected chi connectivity index (χ2v) is 4.71. The Labute approximate surface area is 109 Å². The van der Waals surface area contributed by atoms with E-state index >= 15 is 0 Å². The van der Waals surface area contributed by atoms with Gasteiger partial charge in [-0.2, -0.15) is 0 Å². The highest BCUT2D eigenvalue weighted by Crippen LogP contribution is 2.10. The third-order valence-corrected chi connectivity index (χ3v) is 3.13. The lowest BCUT2D eigenvalue weighted by molar-refractivity contribution is -0.00495. The molecule has 0 spiro atoms. The number of nitrogens with one attached hydrogen (secondary N) is 1. The first-order valence-corrected chi connectivity index (χ1v) is 6.66. The second kappa shape index (κ2) is 6.66. The van der Waals surface area contributed by atoms with E-state index in [0.717, 1.165) is 50.8 Å². The Morgan fingerprint density at radius 2 is 2.33 bits per heavy atom. The summed E-state index contributed by atoms with van der Waals surface area (Å²) in [6.07, 6.45) is 4.77. The highest BCUT2D eigenvalue weighted by molar-refractivity contribution is 5.30. The number of aromatic nitrogens is 2. The number of anilines is 1. The maximum Gasteiger partial charge on any atom is 0.144 e. The summed E-state index contributed by atoms with van der Waals surface area (Å²) in [6.45, 7) is 8.70. The Hall–Kier alpha value is -1.20. The molecule has 1 atom stereocenters. The third kappa shape index (κ3) is 3.65. The van der Waals surface area contributed by atoms with Crippen LogP contribution >= 0.6 is 0 Å². The van der Waals surface area contributed by atoms with Crippen molar-refractivity contribution in [3.05, 3.63) is 18.1 Å². The molecule has 18 heavy (non-hydrogen) atoms. The fourth-order valence-electron chi connectivity index (χ4n) is 1.99. The van der Waals surface area contributed by atoms with E-state index in [1.807, 2.05) is 12.4 Å². The van der Waals surface area contributed by atoms with Crippen LogP contribution in [0.2, 0.25) is 0 Å². The number of morpholine rings is 1. The summed E-state index contributed by atoms with van der Waals surface area (Å²) in [5, 5.41) is 3.23. The maximum atomic E-state index is 5.43. The predicted octanol–water partition coefficient (Wildman–Crippen LogP) is 1.52. The SMILES string of the molecule is CCCNc1cnc(CN2CCOCC2C)cn1. The highest BCUT2D eigenvalue weighted by atomic mass is 16.5. The number of ether oxygens (including phenoxy) is 1. The van der Waals surface area contributed by atoms with Crippen LogP contribution in [0.1, 0.15) is 26.0 Å². The molecule has 0 amide bonds. The molecule has 0 bridgehead atoms. The molecule has 1 unspecified atom stereocenters. The van der Waals surface area contributed by atoms with Gasteiger partial charge in [0.1, 0.15) is 5.82 Å². The maximum absolute atomic E-state index is 5.43. The summed E-state index contributed by atoms with van der Waals surface area (Å²) in [6, 6.07) is 0.457. The van der Waals surface area contributed by atoms with Crippen molar-refractivity contribution in [1.82, 2.24) is 14.9 Å². The van der Waals surface area contributed by atoms with E-state index in [1.54, 1.807) is 0 Å². The molecule has 1 aliphatic rings. The van der Waals surface area contributed by atoms with Crippen molar-refractivity contribution in [2.45, 2.75) is 32.9 Å². The molecule has 5 heteroatoms. The first-order chi connectivity index (χ1) is 8.79. The molecular weight excluding hydrogens is 228 g/mol. The number of nitrogens with zero attached hydrogens (tertiary/aromatic N) is 3. The lowest BCUT2D eigenvalue weighted by Crippen LogP contribution is -2.43. The van der Waals surface area contributed by atoms with Gasteiger partial charge < -0.3 is 10.1 Å². The fraction of sp³-hybridized carbons (Fsp3) is 0.692. The monoisotopic (exact) mass is 250 g/mol. The molecule has 0 aliphatic carbocycles. The van der Waals surface area contributed by atoms with Crippen LogP contribution in [0, 0.1) is 0 Å². The zero-order valence-electron chi connectivity index (χ0n) is 11.2. The van der Waals surface area contributed by atoms with Gasteiger partial charge in [-0.3, -0.25) is 9.88 Å². The first kappa shape index (κ1) is 13.2. The van der Waals surface area contributed by atoms with Crippen molar-refractivity contribution in [2.75, 3.05) is 31.6 Å². The van der Waals surface area contributed by atoms with Crippen LogP contribution < -0.4 is 5.32 Å². The summed E-state index contributed by atoms with van der Waals surface area (Å²) in [4.78, 5) is 11.2. The summed E-state index contributed by atoms with van der Waals surface area (Å²) in [7, 11) is 0. The molecular formula is C13H22N4O. The van der Waals surface area contributed by atoms with Gasteiger partial charge in [0.25, 0.3) is 0 Å². The molecule has 0 saturated carbocycles. The van der Waals surface area contributed by atoms with Gasteiger partial charge in [-0.1, -0.05) is 6.92 Å². The van der Waals surface area contributed by atoms with Gasteiger partial charge in [0.05, 0.1) is 31.3 Å². The van der Waals surface area contributed by atoms with E-state index in [0.29, 0.717) is 6.04 Å². The zero-order chi connectivity index (χ0) is 12.8. The smallest absolute Gasteiger partial charge is 0.144 e. The van der Waals surface area contributed by atoms with E-state index in [-0.39, 0.29) is 0 Å². The minimum Gasteiger partial charge on any atom is -0.379 e. The van der Waals surface area contributed by atoms with Crippen LogP contribution in [0.15, 0.2) is 12.4 Å². The van der Waals surface area contributed by atoms with Crippen molar-refractivity contribution < 1.29 is 4.74 Å². The average Bonchev–Trinajstić information content (AvgIpc) is 2.41. The molecule has 1 aromatic heterocycles. The van der Waals surface area contributed by atoms with Gasteiger partial charge in [0, 0.05) is 25.7 Å². The quantitative estimate of drug-likeness (QED) is 0.858. The predicted molar refractivity (Wildman–Crippen MR) is 71.5 cm³/mol. The summed E-state index contributed by atoms with van der Waals surface area (Å²) < 4.78 is 5.43. The van der Waals surface area contributed by atoms with Gasteiger partial charge in [0.15, 0.2) is 0 Å². The molecule has 2 heterocycles. The van der Waals surface area contributed by atoms with E-state index in [1.165, 1.54) is 0 Å². The van der Waals surface area contributed by atoms with Crippen molar-refractivity contribution in [3.8, 4) is 0 Å². The molecule has 1 aliphatic heterocycles. The minimum absolute atomic E-state index is 0.457. The van der Waals surface area contributed by atoms with Gasteiger partial charge in [0.2, 0.25) is 0 Å². The van der Waals surface area contributed by atoms with Gasteiger partial charge >= 0.3 is 0 Å². The van der Waals surface area contributed by atoms with Crippen LogP contribution in [0.4, 0.5) is 5.82 Å². The topological polar surface area (TPSA) is 50.3 Å². The highest BCUT2D eigenvalue weighted by Gasteiger charge is 2.19. The molecule has 1 saturated heterocycles. The second-order valence-electron chi connectivity index (χ2n) is 4.71. The molecule has 2 rings (SSSR count). The molecule has 100 valence electrons.